The van der Waals surface area contributed by atoms with Crippen molar-refractivity contribution in [1.29, 1.82) is 0 Å². The second kappa shape index (κ2) is 5.02. The number of hydrogen-bond donors (Lipinski definition) is 1. The highest BCUT2D eigenvalue weighted by Gasteiger charge is 2.15. The number of anilines is 1. The van der Waals surface area contributed by atoms with Gasteiger partial charge in [-0.3, -0.25) is 4.98 Å². The quantitative estimate of drug-likeness (QED) is 0.754. The average Bonchev–Trinajstić information content (AvgIpc) is 2.91. The molecule has 114 valence electrons. The summed E-state index contributed by atoms with van der Waals surface area (Å²) in [6, 6.07) is 3.17. The van der Waals surface area contributed by atoms with E-state index < -0.39 is 9.84 Å². The van der Waals surface area contributed by atoms with Gasteiger partial charge in [0.25, 0.3) is 0 Å². The lowest BCUT2D eigenvalue weighted by Gasteiger charge is -2.08. The van der Waals surface area contributed by atoms with Gasteiger partial charge in [-0.2, -0.15) is 0 Å². The van der Waals surface area contributed by atoms with Crippen molar-refractivity contribution in [2.45, 2.75) is 18.2 Å². The van der Waals surface area contributed by atoms with Crippen molar-refractivity contribution in [3.05, 3.63) is 35.3 Å². The Balaban J connectivity index is 1.99. The van der Waals surface area contributed by atoms with Gasteiger partial charge in [0.15, 0.2) is 15.4 Å². The molecule has 0 fully saturated rings. The number of nitrogen functional groups attached to an aromatic ring is 1. The number of pyridine rings is 2. The van der Waals surface area contributed by atoms with E-state index in [0.29, 0.717) is 34.7 Å². The summed E-state index contributed by atoms with van der Waals surface area (Å²) in [4.78, 5) is 8.62. The SMILES string of the molecule is Cc1nc2nonc2c(N)c1Cc1ccc(S(C)(=O)=O)cn1. The molecule has 0 aliphatic rings. The molecule has 0 aliphatic heterocycles. The Morgan fingerprint density at radius 1 is 1.27 bits per heavy atom. The van der Waals surface area contributed by atoms with Gasteiger partial charge in [-0.25, -0.2) is 18.0 Å². The lowest BCUT2D eigenvalue weighted by Crippen LogP contribution is -2.04. The molecule has 0 radical (unpaired) electrons. The smallest absolute Gasteiger partial charge is 0.226 e. The lowest BCUT2D eigenvalue weighted by molar-refractivity contribution is 0.315. The summed E-state index contributed by atoms with van der Waals surface area (Å²) in [6.45, 7) is 1.81. The van der Waals surface area contributed by atoms with Crippen LogP contribution in [-0.4, -0.2) is 35.0 Å². The summed E-state index contributed by atoms with van der Waals surface area (Å²) in [6.07, 6.45) is 2.89. The van der Waals surface area contributed by atoms with E-state index in [0.717, 1.165) is 11.8 Å². The molecule has 0 aliphatic carbocycles. The highest BCUT2D eigenvalue weighted by molar-refractivity contribution is 7.90. The van der Waals surface area contributed by atoms with E-state index in [1.165, 1.54) is 12.3 Å². The van der Waals surface area contributed by atoms with Crippen molar-refractivity contribution in [3.63, 3.8) is 0 Å². The molecule has 0 amide bonds. The summed E-state index contributed by atoms with van der Waals surface area (Å²) in [7, 11) is -3.26. The average molecular weight is 319 g/mol. The van der Waals surface area contributed by atoms with E-state index in [1.54, 1.807) is 6.07 Å². The van der Waals surface area contributed by atoms with Crippen LogP contribution >= 0.6 is 0 Å². The Morgan fingerprint density at radius 2 is 2.05 bits per heavy atom. The molecule has 0 unspecified atom stereocenters. The molecule has 22 heavy (non-hydrogen) atoms. The normalized spacial score (nSPS) is 11.9. The van der Waals surface area contributed by atoms with Crippen LogP contribution in [0, 0.1) is 6.92 Å². The third-order valence-corrected chi connectivity index (χ3v) is 4.44. The minimum atomic E-state index is -3.26. The van der Waals surface area contributed by atoms with Crippen molar-refractivity contribution in [2.24, 2.45) is 0 Å². The molecule has 2 N–H and O–H groups in total. The van der Waals surface area contributed by atoms with Crippen LogP contribution in [0.25, 0.3) is 11.2 Å². The number of sulfone groups is 1. The summed E-state index contributed by atoms with van der Waals surface area (Å²) >= 11 is 0. The fraction of sp³-hybridized carbons (Fsp3) is 0.231. The number of aromatic nitrogens is 4. The third-order valence-electron chi connectivity index (χ3n) is 3.35. The highest BCUT2D eigenvalue weighted by Crippen LogP contribution is 2.25. The summed E-state index contributed by atoms with van der Waals surface area (Å²) < 4.78 is 27.5. The van der Waals surface area contributed by atoms with Crippen molar-refractivity contribution in [1.82, 2.24) is 20.3 Å². The first kappa shape index (κ1) is 14.4. The Labute approximate surface area is 126 Å². The fourth-order valence-corrected chi connectivity index (χ4v) is 2.69. The number of rotatable bonds is 3. The Hall–Kier alpha value is -2.55. The first-order chi connectivity index (χ1) is 10.4. The summed E-state index contributed by atoms with van der Waals surface area (Å²) in [5.74, 6) is 0. The van der Waals surface area contributed by atoms with Gasteiger partial charge in [-0.15, -0.1) is 0 Å². The molecule has 3 heterocycles. The van der Waals surface area contributed by atoms with Crippen molar-refractivity contribution >= 4 is 26.7 Å². The molecule has 0 bridgehead atoms. The second-order valence-corrected chi connectivity index (χ2v) is 6.98. The maximum Gasteiger partial charge on any atom is 0.226 e. The van der Waals surface area contributed by atoms with Crippen LogP contribution in [0.15, 0.2) is 27.9 Å². The van der Waals surface area contributed by atoms with E-state index in [9.17, 15) is 8.42 Å². The minimum Gasteiger partial charge on any atom is -0.396 e. The molecule has 0 saturated carbocycles. The molecule has 9 heteroatoms. The van der Waals surface area contributed by atoms with Crippen LogP contribution < -0.4 is 5.73 Å². The second-order valence-electron chi connectivity index (χ2n) is 4.96. The van der Waals surface area contributed by atoms with Crippen LogP contribution in [0.2, 0.25) is 0 Å². The van der Waals surface area contributed by atoms with Gasteiger partial charge in [0.05, 0.1) is 10.6 Å². The van der Waals surface area contributed by atoms with E-state index in [1.807, 2.05) is 6.92 Å². The van der Waals surface area contributed by atoms with E-state index in [-0.39, 0.29) is 4.90 Å². The molecular weight excluding hydrogens is 306 g/mol. The van der Waals surface area contributed by atoms with E-state index >= 15 is 0 Å². The van der Waals surface area contributed by atoms with Crippen LogP contribution in [0.1, 0.15) is 17.0 Å². The molecule has 0 saturated heterocycles. The minimum absolute atomic E-state index is 0.176. The molecule has 3 aromatic rings. The number of aryl methyl sites for hydroxylation is 1. The maximum absolute atomic E-state index is 11.4. The number of nitrogens with zero attached hydrogens (tertiary/aromatic N) is 4. The fourth-order valence-electron chi connectivity index (χ4n) is 2.13. The Bertz CT molecular complexity index is 948. The van der Waals surface area contributed by atoms with E-state index in [2.05, 4.69) is 24.9 Å². The number of hydrogen-bond acceptors (Lipinski definition) is 8. The number of nitrogens with two attached hydrogens (primary N) is 1. The standard InChI is InChI=1S/C13H13N5O3S/c1-7-10(11(14)12-13(16-7)18-21-17-12)5-8-3-4-9(6-15-8)22(2,19)20/h3-4,6H,5,14H2,1-2H3. The molecule has 0 atom stereocenters. The molecular formula is C13H13N5O3S. The first-order valence-corrected chi connectivity index (χ1v) is 8.27. The number of fused-ring (bicyclic) bond motifs is 1. The first-order valence-electron chi connectivity index (χ1n) is 6.38. The predicted molar refractivity (Wildman–Crippen MR) is 78.9 cm³/mol. The van der Waals surface area contributed by atoms with Crippen LogP contribution in [0.5, 0.6) is 0 Å². The summed E-state index contributed by atoms with van der Waals surface area (Å²) in [5, 5.41) is 7.40. The van der Waals surface area contributed by atoms with Gasteiger partial charge in [0, 0.05) is 35.8 Å². The van der Waals surface area contributed by atoms with Crippen molar-refractivity contribution in [2.75, 3.05) is 12.0 Å². The molecule has 8 nitrogen and oxygen atoms in total. The van der Waals surface area contributed by atoms with Gasteiger partial charge in [0.1, 0.15) is 0 Å². The predicted octanol–water partition coefficient (Wildman–Crippen LogP) is 0.898. The van der Waals surface area contributed by atoms with Gasteiger partial charge in [-0.05, 0) is 29.4 Å². The third kappa shape index (κ3) is 2.50. The lowest BCUT2D eigenvalue weighted by atomic mass is 10.1. The van der Waals surface area contributed by atoms with Crippen LogP contribution in [0.3, 0.4) is 0 Å². The van der Waals surface area contributed by atoms with Crippen LogP contribution in [0.4, 0.5) is 5.69 Å². The molecule has 3 rings (SSSR count). The monoisotopic (exact) mass is 319 g/mol. The molecule has 0 spiro atoms. The van der Waals surface area contributed by atoms with Gasteiger partial charge in [0.2, 0.25) is 5.65 Å². The Kier molecular flexibility index (Phi) is 3.28. The van der Waals surface area contributed by atoms with Crippen LogP contribution in [-0.2, 0) is 16.3 Å². The largest absolute Gasteiger partial charge is 0.396 e. The highest BCUT2D eigenvalue weighted by atomic mass is 32.2. The van der Waals surface area contributed by atoms with Gasteiger partial charge in [-0.1, -0.05) is 0 Å². The van der Waals surface area contributed by atoms with E-state index in [4.69, 9.17) is 5.73 Å². The molecule has 3 aromatic heterocycles. The zero-order valence-corrected chi connectivity index (χ0v) is 12.8. The van der Waals surface area contributed by atoms with Gasteiger partial charge >= 0.3 is 0 Å². The van der Waals surface area contributed by atoms with Crippen molar-refractivity contribution in [3.8, 4) is 0 Å². The topological polar surface area (TPSA) is 125 Å². The summed E-state index contributed by atoms with van der Waals surface area (Å²) in [5.41, 5.74) is 9.45. The molecule has 0 aromatic carbocycles. The zero-order chi connectivity index (χ0) is 15.9. The van der Waals surface area contributed by atoms with Gasteiger partial charge < -0.3 is 5.73 Å². The zero-order valence-electron chi connectivity index (χ0n) is 11.9. The van der Waals surface area contributed by atoms with Crippen molar-refractivity contribution < 1.29 is 13.0 Å². The maximum atomic E-state index is 11.4. The Morgan fingerprint density at radius 3 is 2.68 bits per heavy atom.